The molecule has 0 aliphatic carbocycles. The van der Waals surface area contributed by atoms with Crippen molar-refractivity contribution >= 4 is 24.6 Å². The summed E-state index contributed by atoms with van der Waals surface area (Å²) in [4.78, 5) is 13.3. The number of nitrogens with zero attached hydrogens (tertiary/aromatic N) is 2. The Morgan fingerprint density at radius 1 is 1.17 bits per heavy atom. The molecule has 1 heterocycles. The van der Waals surface area contributed by atoms with Crippen molar-refractivity contribution in [2.24, 2.45) is 5.10 Å². The van der Waals surface area contributed by atoms with Crippen LogP contribution in [-0.4, -0.2) is 35.5 Å². The number of hydrogen-bond acceptors (Lipinski definition) is 4. The molecule has 1 aliphatic rings. The zero-order chi connectivity index (χ0) is 17.3. The number of amides is 1. The van der Waals surface area contributed by atoms with Crippen LogP contribution in [0.25, 0.3) is 0 Å². The predicted molar refractivity (Wildman–Crippen MR) is 80.9 cm³/mol. The Balaban J connectivity index is 1.87. The lowest BCUT2D eigenvalue weighted by molar-refractivity contribution is -0.274. The van der Waals surface area contributed by atoms with E-state index in [0.29, 0.717) is 11.0 Å². The van der Waals surface area contributed by atoms with E-state index < -0.39 is 25.1 Å². The van der Waals surface area contributed by atoms with E-state index in [-0.39, 0.29) is 5.56 Å². The lowest BCUT2D eigenvalue weighted by Gasteiger charge is -2.25. The van der Waals surface area contributed by atoms with E-state index in [9.17, 15) is 23.0 Å². The van der Waals surface area contributed by atoms with Crippen LogP contribution in [0.3, 0.4) is 0 Å². The van der Waals surface area contributed by atoms with Gasteiger partial charge < -0.3 is 9.76 Å². The van der Waals surface area contributed by atoms with Gasteiger partial charge in [0, 0.05) is 5.56 Å². The fourth-order valence-corrected chi connectivity index (χ4v) is 2.30. The van der Waals surface area contributed by atoms with E-state index in [4.69, 9.17) is 0 Å². The van der Waals surface area contributed by atoms with Crippen LogP contribution in [0.1, 0.15) is 15.9 Å². The second-order valence-corrected chi connectivity index (χ2v) is 4.97. The van der Waals surface area contributed by atoms with Crippen molar-refractivity contribution in [2.75, 3.05) is 0 Å². The maximum absolute atomic E-state index is 12.5. The van der Waals surface area contributed by atoms with Gasteiger partial charge in [-0.25, -0.2) is 4.92 Å². The van der Waals surface area contributed by atoms with E-state index in [1.807, 2.05) is 0 Å². The second kappa shape index (κ2) is 6.01. The van der Waals surface area contributed by atoms with Crippen molar-refractivity contribution in [1.29, 1.82) is 0 Å². The quantitative estimate of drug-likeness (QED) is 0.852. The molecule has 5 nitrogen and oxygen atoms in total. The van der Waals surface area contributed by atoms with E-state index in [2.05, 4.69) is 9.84 Å². The summed E-state index contributed by atoms with van der Waals surface area (Å²) in [5.74, 6) is -1.27. The average molecular weight is 334 g/mol. The van der Waals surface area contributed by atoms with Gasteiger partial charge in [0.2, 0.25) is 0 Å². The summed E-state index contributed by atoms with van der Waals surface area (Å²) in [7, 11) is -1.33. The number of carbonyl (C=O) groups is 1. The normalized spacial score (nSPS) is 13.7. The minimum Gasteiger partial charge on any atom is -0.427 e. The summed E-state index contributed by atoms with van der Waals surface area (Å²) in [5.41, 5.74) is 1.04. The van der Waals surface area contributed by atoms with Crippen LogP contribution in [0.4, 0.5) is 13.2 Å². The van der Waals surface area contributed by atoms with Gasteiger partial charge in [0.05, 0.1) is 6.21 Å². The van der Waals surface area contributed by atoms with Gasteiger partial charge in [0.1, 0.15) is 5.75 Å². The molecule has 9 heteroatoms. The molecule has 0 saturated heterocycles. The van der Waals surface area contributed by atoms with Crippen molar-refractivity contribution in [3.8, 4) is 5.75 Å². The predicted octanol–water partition coefficient (Wildman–Crippen LogP) is 1.76. The number of alkyl halides is 3. The maximum atomic E-state index is 12.5. The number of halogens is 3. The maximum Gasteiger partial charge on any atom is 0.573 e. The molecule has 1 aliphatic heterocycles. The molecule has 0 saturated carbocycles. The Hall–Kier alpha value is -2.81. The monoisotopic (exact) mass is 334 g/mol. The first-order valence-corrected chi connectivity index (χ1v) is 6.85. The molecular formula is C15H10BF3N2O3. The fourth-order valence-electron chi connectivity index (χ4n) is 2.30. The lowest BCUT2D eigenvalue weighted by atomic mass is 9.69. The fraction of sp³-hybridized carbons (Fsp3) is 0.0667. The largest absolute Gasteiger partial charge is 0.573 e. The van der Waals surface area contributed by atoms with Gasteiger partial charge >= 0.3 is 13.4 Å². The molecule has 0 spiro atoms. The van der Waals surface area contributed by atoms with Crippen molar-refractivity contribution in [3.63, 3.8) is 0 Å². The van der Waals surface area contributed by atoms with E-state index in [0.717, 1.165) is 17.1 Å². The standard InChI is InChI=1S/C15H10BF3N2O3/c17-15(18,19)24-12-6-3-5-10(8-12)14(22)21-16(23)13-7-2-1-4-11(13)9-20-21/h1-9,23H. The number of ether oxygens (including phenoxy) is 1. The Morgan fingerprint density at radius 3 is 2.67 bits per heavy atom. The molecule has 3 rings (SSSR count). The van der Waals surface area contributed by atoms with E-state index in [1.165, 1.54) is 18.3 Å². The highest BCUT2D eigenvalue weighted by atomic mass is 19.4. The summed E-state index contributed by atoms with van der Waals surface area (Å²) in [6.45, 7) is 0. The Bertz CT molecular complexity index is 811. The smallest absolute Gasteiger partial charge is 0.427 e. The summed E-state index contributed by atoms with van der Waals surface area (Å²) in [6.07, 6.45) is -3.46. The van der Waals surface area contributed by atoms with Crippen LogP contribution in [0, 0.1) is 0 Å². The van der Waals surface area contributed by atoms with Crippen LogP contribution in [0.15, 0.2) is 53.6 Å². The first-order valence-electron chi connectivity index (χ1n) is 6.85. The SMILES string of the molecule is O=C(c1cccc(OC(F)(F)F)c1)N1N=Cc2ccccc2B1O. The molecule has 0 bridgehead atoms. The lowest BCUT2D eigenvalue weighted by Crippen LogP contribution is -2.52. The van der Waals surface area contributed by atoms with E-state index in [1.54, 1.807) is 24.3 Å². The Labute approximate surface area is 135 Å². The molecule has 0 unspecified atom stereocenters. The molecule has 122 valence electrons. The van der Waals surface area contributed by atoms with Crippen LogP contribution in [0.2, 0.25) is 0 Å². The average Bonchev–Trinajstić information content (AvgIpc) is 2.53. The van der Waals surface area contributed by atoms with Gasteiger partial charge in [0.15, 0.2) is 0 Å². The van der Waals surface area contributed by atoms with Crippen molar-refractivity contribution in [3.05, 3.63) is 59.7 Å². The minimum atomic E-state index is -4.86. The van der Waals surface area contributed by atoms with Crippen molar-refractivity contribution < 1.29 is 27.7 Å². The van der Waals surface area contributed by atoms with Gasteiger partial charge in [-0.3, -0.25) is 4.79 Å². The number of benzene rings is 2. The molecular weight excluding hydrogens is 324 g/mol. The Morgan fingerprint density at radius 2 is 1.92 bits per heavy atom. The third kappa shape index (κ3) is 3.25. The number of carbonyl (C=O) groups excluding carboxylic acids is 1. The first kappa shape index (κ1) is 16.1. The van der Waals surface area contributed by atoms with Gasteiger partial charge in [-0.05, 0) is 29.2 Å². The minimum absolute atomic E-state index is 0.0904. The summed E-state index contributed by atoms with van der Waals surface area (Å²) in [5, 5.41) is 14.2. The van der Waals surface area contributed by atoms with Crippen LogP contribution in [-0.2, 0) is 0 Å². The molecule has 2 aromatic carbocycles. The summed E-state index contributed by atoms with van der Waals surface area (Å²) >= 11 is 0. The number of fused-ring (bicyclic) bond motifs is 1. The van der Waals surface area contributed by atoms with Gasteiger partial charge in [0.25, 0.3) is 5.91 Å². The topological polar surface area (TPSA) is 62.1 Å². The highest BCUT2D eigenvalue weighted by Crippen LogP contribution is 2.24. The van der Waals surface area contributed by atoms with Gasteiger partial charge in [-0.1, -0.05) is 30.3 Å². The highest BCUT2D eigenvalue weighted by Gasteiger charge is 2.35. The molecule has 1 amide bonds. The molecule has 1 N–H and O–H groups in total. The van der Waals surface area contributed by atoms with Crippen LogP contribution in [0.5, 0.6) is 5.75 Å². The molecule has 24 heavy (non-hydrogen) atoms. The number of hydrogen-bond donors (Lipinski definition) is 1. The van der Waals surface area contributed by atoms with E-state index >= 15 is 0 Å². The molecule has 0 aromatic heterocycles. The van der Waals surface area contributed by atoms with Gasteiger partial charge in [-0.2, -0.15) is 5.10 Å². The third-order valence-electron chi connectivity index (χ3n) is 3.35. The molecule has 0 fully saturated rings. The highest BCUT2D eigenvalue weighted by molar-refractivity contribution is 6.68. The van der Waals surface area contributed by atoms with Crippen molar-refractivity contribution in [2.45, 2.75) is 6.36 Å². The van der Waals surface area contributed by atoms with Crippen LogP contribution < -0.4 is 10.2 Å². The van der Waals surface area contributed by atoms with Crippen LogP contribution >= 0.6 is 0 Å². The molecule has 0 radical (unpaired) electrons. The number of rotatable bonds is 2. The third-order valence-corrected chi connectivity index (χ3v) is 3.35. The summed E-state index contributed by atoms with van der Waals surface area (Å²) in [6, 6.07) is 11.4. The zero-order valence-corrected chi connectivity index (χ0v) is 12.1. The summed E-state index contributed by atoms with van der Waals surface area (Å²) < 4.78 is 40.6. The molecule has 2 aromatic rings. The first-order chi connectivity index (χ1) is 11.3. The molecule has 0 atom stereocenters. The zero-order valence-electron chi connectivity index (χ0n) is 12.1. The van der Waals surface area contributed by atoms with Crippen molar-refractivity contribution in [1.82, 2.24) is 4.92 Å². The number of hydrazone groups is 1. The van der Waals surface area contributed by atoms with Gasteiger partial charge in [-0.15, -0.1) is 13.2 Å². The second-order valence-electron chi connectivity index (χ2n) is 4.97. The Kier molecular flexibility index (Phi) is 4.02.